The lowest BCUT2D eigenvalue weighted by molar-refractivity contribution is 0.135. The summed E-state index contributed by atoms with van der Waals surface area (Å²) in [5.41, 5.74) is 1.51. The molecule has 0 radical (unpaired) electrons. The fraction of sp³-hybridized carbons (Fsp3) is 0.500. The second-order valence-corrected chi connectivity index (χ2v) is 6.81. The number of rotatable bonds is 2. The fourth-order valence-electron chi connectivity index (χ4n) is 3.32. The van der Waals surface area contributed by atoms with Crippen LogP contribution in [0.2, 0.25) is 0 Å². The molecule has 2 atom stereocenters. The van der Waals surface area contributed by atoms with Crippen molar-refractivity contribution in [2.24, 2.45) is 11.8 Å². The van der Waals surface area contributed by atoms with Gasteiger partial charge in [-0.05, 0) is 40.7 Å². The summed E-state index contributed by atoms with van der Waals surface area (Å²) in [6.45, 7) is 8.41. The summed E-state index contributed by atoms with van der Waals surface area (Å²) in [6, 6.07) is 8.77. The molecule has 1 aromatic heterocycles. The van der Waals surface area contributed by atoms with Crippen molar-refractivity contribution >= 4 is 21.4 Å². The van der Waals surface area contributed by atoms with Gasteiger partial charge in [0, 0.05) is 24.3 Å². The second kappa shape index (κ2) is 5.02. The molecule has 2 heterocycles. The van der Waals surface area contributed by atoms with Gasteiger partial charge in [-0.15, -0.1) is 11.3 Å². The first kappa shape index (κ1) is 12.2. The molecule has 0 saturated carbocycles. The Morgan fingerprint density at radius 3 is 2.67 bits per heavy atom. The van der Waals surface area contributed by atoms with E-state index in [1.807, 2.05) is 11.3 Å². The third kappa shape index (κ3) is 2.45. The second-order valence-electron chi connectivity index (χ2n) is 5.90. The van der Waals surface area contributed by atoms with Gasteiger partial charge in [-0.2, -0.15) is 0 Å². The highest BCUT2D eigenvalue weighted by atomic mass is 32.1. The maximum atomic E-state index is 2.63. The van der Waals surface area contributed by atoms with Gasteiger partial charge in [-0.3, -0.25) is 4.90 Å². The topological polar surface area (TPSA) is 3.24 Å². The molecule has 2 unspecified atom stereocenters. The zero-order valence-corrected chi connectivity index (χ0v) is 12.0. The van der Waals surface area contributed by atoms with Crippen LogP contribution in [0.3, 0.4) is 0 Å². The summed E-state index contributed by atoms with van der Waals surface area (Å²) >= 11 is 1.88. The van der Waals surface area contributed by atoms with Gasteiger partial charge in [0.2, 0.25) is 0 Å². The van der Waals surface area contributed by atoms with E-state index in [1.54, 1.807) is 0 Å². The Morgan fingerprint density at radius 1 is 1.17 bits per heavy atom. The van der Waals surface area contributed by atoms with E-state index >= 15 is 0 Å². The van der Waals surface area contributed by atoms with Gasteiger partial charge in [0.15, 0.2) is 0 Å². The molecule has 0 bridgehead atoms. The van der Waals surface area contributed by atoms with Crippen molar-refractivity contribution in [2.75, 3.05) is 13.1 Å². The van der Waals surface area contributed by atoms with Gasteiger partial charge in [0.1, 0.15) is 0 Å². The largest absolute Gasteiger partial charge is 0.299 e. The number of benzene rings is 1. The van der Waals surface area contributed by atoms with E-state index in [-0.39, 0.29) is 0 Å². The van der Waals surface area contributed by atoms with Gasteiger partial charge < -0.3 is 0 Å². The van der Waals surface area contributed by atoms with Crippen LogP contribution in [0.25, 0.3) is 10.1 Å². The molecule has 2 heteroatoms. The zero-order valence-electron chi connectivity index (χ0n) is 11.2. The smallest absolute Gasteiger partial charge is 0.0346 e. The third-order valence-corrected chi connectivity index (χ3v) is 4.91. The molecule has 1 aliphatic rings. The molecule has 1 fully saturated rings. The molecular formula is C16H21NS. The van der Waals surface area contributed by atoms with Crippen LogP contribution in [0.15, 0.2) is 29.6 Å². The minimum Gasteiger partial charge on any atom is -0.299 e. The van der Waals surface area contributed by atoms with Gasteiger partial charge in [-0.1, -0.05) is 32.0 Å². The van der Waals surface area contributed by atoms with Gasteiger partial charge in [-0.25, -0.2) is 0 Å². The first-order chi connectivity index (χ1) is 8.72. The van der Waals surface area contributed by atoms with Crippen molar-refractivity contribution < 1.29 is 0 Å². The van der Waals surface area contributed by atoms with Crippen molar-refractivity contribution in [1.82, 2.24) is 4.90 Å². The number of hydrogen-bond acceptors (Lipinski definition) is 2. The van der Waals surface area contributed by atoms with Crippen molar-refractivity contribution in [1.29, 1.82) is 0 Å². The summed E-state index contributed by atoms with van der Waals surface area (Å²) in [5, 5.41) is 3.79. The molecular weight excluding hydrogens is 238 g/mol. The number of nitrogens with zero attached hydrogens (tertiary/aromatic N) is 1. The van der Waals surface area contributed by atoms with E-state index < -0.39 is 0 Å². The average molecular weight is 259 g/mol. The Morgan fingerprint density at radius 2 is 1.89 bits per heavy atom. The van der Waals surface area contributed by atoms with Crippen molar-refractivity contribution in [2.45, 2.75) is 26.8 Å². The molecule has 2 aromatic rings. The Labute approximate surface area is 113 Å². The molecule has 0 N–H and O–H groups in total. The van der Waals surface area contributed by atoms with Crippen molar-refractivity contribution in [3.8, 4) is 0 Å². The zero-order chi connectivity index (χ0) is 12.5. The minimum absolute atomic E-state index is 0.846. The van der Waals surface area contributed by atoms with Crippen molar-refractivity contribution in [3.63, 3.8) is 0 Å². The van der Waals surface area contributed by atoms with Crippen LogP contribution in [-0.2, 0) is 6.54 Å². The van der Waals surface area contributed by atoms with Gasteiger partial charge in [0.05, 0.1) is 0 Å². The maximum Gasteiger partial charge on any atom is 0.0346 e. The molecule has 1 nitrogen and oxygen atoms in total. The highest BCUT2D eigenvalue weighted by Crippen LogP contribution is 2.29. The summed E-state index contributed by atoms with van der Waals surface area (Å²) in [6.07, 6.45) is 1.39. The number of thiophene rings is 1. The summed E-state index contributed by atoms with van der Waals surface area (Å²) in [4.78, 5) is 2.63. The monoisotopic (exact) mass is 259 g/mol. The highest BCUT2D eigenvalue weighted by molar-refractivity contribution is 7.17. The first-order valence-electron chi connectivity index (χ1n) is 6.90. The molecule has 0 amide bonds. The van der Waals surface area contributed by atoms with Crippen LogP contribution in [0.4, 0.5) is 0 Å². The molecule has 18 heavy (non-hydrogen) atoms. The van der Waals surface area contributed by atoms with E-state index in [1.165, 1.54) is 35.2 Å². The van der Waals surface area contributed by atoms with Crippen LogP contribution >= 0.6 is 11.3 Å². The molecule has 0 aliphatic carbocycles. The quantitative estimate of drug-likeness (QED) is 0.773. The van der Waals surface area contributed by atoms with Crippen LogP contribution in [0.1, 0.15) is 25.8 Å². The Balaban J connectivity index is 1.79. The summed E-state index contributed by atoms with van der Waals surface area (Å²) < 4.78 is 1.42. The standard InChI is InChI=1S/C16H21NS/c1-12-7-13(2)9-17(8-12)10-14-11-18-16-6-4-3-5-15(14)16/h3-6,11-13H,7-10H2,1-2H3. The Hall–Kier alpha value is -0.860. The number of fused-ring (bicyclic) bond motifs is 1. The molecule has 96 valence electrons. The molecule has 1 aromatic carbocycles. The normalized spacial score (nSPS) is 25.7. The summed E-state index contributed by atoms with van der Waals surface area (Å²) in [7, 11) is 0. The maximum absolute atomic E-state index is 2.63. The number of hydrogen-bond donors (Lipinski definition) is 0. The van der Waals surface area contributed by atoms with Crippen LogP contribution in [0, 0.1) is 11.8 Å². The van der Waals surface area contributed by atoms with E-state index in [2.05, 4.69) is 48.4 Å². The molecule has 0 spiro atoms. The van der Waals surface area contributed by atoms with E-state index in [4.69, 9.17) is 0 Å². The molecule has 3 rings (SSSR count). The van der Waals surface area contributed by atoms with E-state index in [0.29, 0.717) is 0 Å². The van der Waals surface area contributed by atoms with Crippen LogP contribution in [0.5, 0.6) is 0 Å². The van der Waals surface area contributed by atoms with Crippen LogP contribution in [-0.4, -0.2) is 18.0 Å². The molecule has 1 aliphatic heterocycles. The average Bonchev–Trinajstić information content (AvgIpc) is 2.72. The van der Waals surface area contributed by atoms with E-state index in [0.717, 1.165) is 18.4 Å². The molecule has 1 saturated heterocycles. The lowest BCUT2D eigenvalue weighted by atomic mass is 9.91. The van der Waals surface area contributed by atoms with Crippen LogP contribution < -0.4 is 0 Å². The number of likely N-dealkylation sites (tertiary alicyclic amines) is 1. The predicted octanol–water partition coefficient (Wildman–Crippen LogP) is 4.38. The summed E-state index contributed by atoms with van der Waals surface area (Å²) in [5.74, 6) is 1.69. The Kier molecular flexibility index (Phi) is 3.40. The fourth-order valence-corrected chi connectivity index (χ4v) is 4.27. The lowest BCUT2D eigenvalue weighted by Crippen LogP contribution is -2.38. The van der Waals surface area contributed by atoms with E-state index in [9.17, 15) is 0 Å². The predicted molar refractivity (Wildman–Crippen MR) is 80.0 cm³/mol. The third-order valence-electron chi connectivity index (χ3n) is 3.90. The number of piperidine rings is 1. The highest BCUT2D eigenvalue weighted by Gasteiger charge is 2.22. The SMILES string of the molecule is CC1CC(C)CN(Cc2csc3ccccc23)C1. The van der Waals surface area contributed by atoms with Gasteiger partial charge in [0.25, 0.3) is 0 Å². The van der Waals surface area contributed by atoms with Crippen molar-refractivity contribution in [3.05, 3.63) is 35.2 Å². The Bertz CT molecular complexity index is 521. The lowest BCUT2D eigenvalue weighted by Gasteiger charge is -2.34. The van der Waals surface area contributed by atoms with Gasteiger partial charge >= 0.3 is 0 Å². The first-order valence-corrected chi connectivity index (χ1v) is 7.78. The minimum atomic E-state index is 0.846.